The minimum absolute atomic E-state index is 0.0465. The highest BCUT2D eigenvalue weighted by molar-refractivity contribution is 5.71. The van der Waals surface area contributed by atoms with Crippen LogP contribution in [0.1, 0.15) is 46.8 Å². The van der Waals surface area contributed by atoms with Crippen molar-refractivity contribution in [1.82, 2.24) is 29.1 Å². The Balaban J connectivity index is 0.000000212. The monoisotopic (exact) mass is 534 g/mol. The molecule has 12 nitrogen and oxygen atoms in total. The van der Waals surface area contributed by atoms with Crippen molar-refractivity contribution in [2.45, 2.75) is 45.4 Å². The molecule has 6 N–H and O–H groups in total. The molecule has 0 spiro atoms. The molecule has 206 valence electrons. The highest BCUT2D eigenvalue weighted by Crippen LogP contribution is 2.40. The van der Waals surface area contributed by atoms with E-state index in [4.69, 9.17) is 16.3 Å². The van der Waals surface area contributed by atoms with E-state index < -0.39 is 0 Å². The van der Waals surface area contributed by atoms with E-state index in [0.29, 0.717) is 37.6 Å². The summed E-state index contributed by atoms with van der Waals surface area (Å²) in [7, 11) is 1.88. The van der Waals surface area contributed by atoms with Crippen molar-refractivity contribution in [3.63, 3.8) is 0 Å². The van der Waals surface area contributed by atoms with Gasteiger partial charge in [-0.1, -0.05) is 0 Å². The van der Waals surface area contributed by atoms with E-state index in [1.165, 1.54) is 29.6 Å². The largest absolute Gasteiger partial charge is 0.508 e. The van der Waals surface area contributed by atoms with Gasteiger partial charge in [0.25, 0.3) is 0 Å². The van der Waals surface area contributed by atoms with Gasteiger partial charge in [0.05, 0.1) is 42.1 Å². The number of aryl methyl sites for hydroxylation is 1. The fourth-order valence-electron chi connectivity index (χ4n) is 4.35. The Hall–Kier alpha value is -4.26. The average Bonchev–Trinajstić information content (AvgIpc) is 3.57. The second-order valence-electron chi connectivity index (χ2n) is 9.44. The van der Waals surface area contributed by atoms with E-state index in [9.17, 15) is 14.7 Å². The van der Waals surface area contributed by atoms with Gasteiger partial charge in [0, 0.05) is 42.5 Å². The number of hydrogen-bond donors (Lipinski definition) is 4. The number of pyridine rings is 2. The molecule has 1 aliphatic rings. The number of ether oxygens (including phenoxy) is 1. The zero-order valence-corrected chi connectivity index (χ0v) is 22.1. The SMILES string of the molecule is CNCc1ncn2ccc(O)c(C)c12.N/C(C=O)=C\N(N)Cc1cn2cc(C3CC3)cc(COCC=O)c2n1. The first-order valence-corrected chi connectivity index (χ1v) is 12.6. The van der Waals surface area contributed by atoms with E-state index in [2.05, 4.69) is 27.5 Å². The molecular formula is C27H34N8O4. The molecule has 39 heavy (non-hydrogen) atoms. The number of nitrogens with two attached hydrogens (primary N) is 2. The first-order valence-electron chi connectivity index (χ1n) is 12.6. The molecule has 4 aromatic heterocycles. The fraction of sp³-hybridized carbons (Fsp3) is 0.333. The lowest BCUT2D eigenvalue weighted by molar-refractivity contribution is -0.112. The summed E-state index contributed by atoms with van der Waals surface area (Å²) in [6.07, 6.45) is 12.5. The van der Waals surface area contributed by atoms with Gasteiger partial charge in [-0.15, -0.1) is 0 Å². The number of aromatic nitrogens is 4. The van der Waals surface area contributed by atoms with Crippen molar-refractivity contribution in [3.05, 3.63) is 77.0 Å². The molecule has 0 aromatic carbocycles. The number of aromatic hydroxyl groups is 1. The van der Waals surface area contributed by atoms with E-state index >= 15 is 0 Å². The number of carbonyl (C=O) groups is 2. The summed E-state index contributed by atoms with van der Waals surface area (Å²) in [5.41, 5.74) is 12.0. The van der Waals surface area contributed by atoms with Crippen LogP contribution in [-0.4, -0.2) is 55.1 Å². The zero-order valence-electron chi connectivity index (χ0n) is 22.1. The molecule has 1 saturated carbocycles. The molecular weight excluding hydrogens is 500 g/mol. The van der Waals surface area contributed by atoms with Crippen LogP contribution in [0, 0.1) is 6.92 Å². The Labute approximate surface area is 225 Å². The van der Waals surface area contributed by atoms with Gasteiger partial charge in [0.1, 0.15) is 24.3 Å². The number of nitrogens with one attached hydrogen (secondary N) is 1. The maximum Gasteiger partial charge on any atom is 0.167 e. The van der Waals surface area contributed by atoms with E-state index in [1.807, 2.05) is 35.2 Å². The molecule has 0 amide bonds. The van der Waals surface area contributed by atoms with Gasteiger partial charge in [-0.3, -0.25) is 4.79 Å². The summed E-state index contributed by atoms with van der Waals surface area (Å²) in [5.74, 6) is 6.73. The van der Waals surface area contributed by atoms with Gasteiger partial charge in [0.15, 0.2) is 6.29 Å². The van der Waals surface area contributed by atoms with Crippen molar-refractivity contribution in [2.75, 3.05) is 13.7 Å². The Bertz CT molecular complexity index is 1490. The standard InChI is InChI=1S/C17H21N5O3.C10H13N3O/c18-15(10-24)7-22(19)9-16-8-21-6-13(12-1-2-12)5-14(17(21)20-16)11-25-4-3-23;1-7-9(14)3-4-13-6-12-8(5-11-2)10(7)13/h3,5-8,10,12H,1-2,4,9,11,18-19H2;3-4,6,11,14H,5H2,1-2H3/b15-7-;. The van der Waals surface area contributed by atoms with Crippen LogP contribution in [0.5, 0.6) is 5.75 Å². The van der Waals surface area contributed by atoms with Crippen LogP contribution in [0.15, 0.2) is 48.9 Å². The molecule has 0 saturated heterocycles. The summed E-state index contributed by atoms with van der Waals surface area (Å²) in [5, 5.41) is 13.9. The zero-order chi connectivity index (χ0) is 27.9. The highest BCUT2D eigenvalue weighted by atomic mass is 16.5. The number of hydrogen-bond acceptors (Lipinski definition) is 10. The van der Waals surface area contributed by atoms with Gasteiger partial charge < -0.3 is 39.5 Å². The number of imidazole rings is 2. The molecule has 1 aliphatic carbocycles. The normalized spacial score (nSPS) is 13.4. The molecule has 1 fully saturated rings. The van der Waals surface area contributed by atoms with Crippen molar-refractivity contribution in [2.24, 2.45) is 11.6 Å². The summed E-state index contributed by atoms with van der Waals surface area (Å²) < 4.78 is 9.25. The van der Waals surface area contributed by atoms with Crippen molar-refractivity contribution in [3.8, 4) is 5.75 Å². The van der Waals surface area contributed by atoms with Crippen LogP contribution < -0.4 is 16.9 Å². The lowest BCUT2D eigenvalue weighted by atomic mass is 10.1. The summed E-state index contributed by atoms with van der Waals surface area (Å²) in [4.78, 5) is 29.9. The van der Waals surface area contributed by atoms with Crippen LogP contribution >= 0.6 is 0 Å². The predicted molar refractivity (Wildman–Crippen MR) is 145 cm³/mol. The third kappa shape index (κ3) is 6.79. The maximum absolute atomic E-state index is 10.6. The Kier molecular flexibility index (Phi) is 8.92. The van der Waals surface area contributed by atoms with Gasteiger partial charge in [-0.05, 0) is 50.4 Å². The molecule has 0 aliphatic heterocycles. The number of fused-ring (bicyclic) bond motifs is 2. The van der Waals surface area contributed by atoms with Gasteiger partial charge >= 0.3 is 0 Å². The molecule has 0 radical (unpaired) electrons. The van der Waals surface area contributed by atoms with Crippen molar-refractivity contribution < 1.29 is 19.4 Å². The third-order valence-electron chi connectivity index (χ3n) is 6.33. The molecule has 0 unspecified atom stereocenters. The third-order valence-corrected chi connectivity index (χ3v) is 6.33. The van der Waals surface area contributed by atoms with Crippen LogP contribution in [0.25, 0.3) is 11.2 Å². The Morgan fingerprint density at radius 2 is 2.10 bits per heavy atom. The highest BCUT2D eigenvalue weighted by Gasteiger charge is 2.25. The smallest absolute Gasteiger partial charge is 0.167 e. The van der Waals surface area contributed by atoms with Gasteiger partial charge in [0.2, 0.25) is 0 Å². The summed E-state index contributed by atoms with van der Waals surface area (Å²) in [6.45, 7) is 3.29. The minimum atomic E-state index is 0.0465. The topological polar surface area (TPSA) is 166 Å². The first kappa shape index (κ1) is 27.8. The molecule has 12 heteroatoms. The summed E-state index contributed by atoms with van der Waals surface area (Å²) >= 11 is 0. The molecule has 0 bridgehead atoms. The first-order chi connectivity index (χ1) is 18.8. The number of allylic oxidation sites excluding steroid dienone is 1. The number of hydrazine groups is 1. The van der Waals surface area contributed by atoms with Crippen LogP contribution in [0.2, 0.25) is 0 Å². The van der Waals surface area contributed by atoms with E-state index in [-0.39, 0.29) is 12.3 Å². The van der Waals surface area contributed by atoms with Crippen molar-refractivity contribution >= 4 is 23.7 Å². The number of carbonyl (C=O) groups excluding carboxylic acids is 2. The second-order valence-corrected chi connectivity index (χ2v) is 9.44. The van der Waals surface area contributed by atoms with E-state index in [1.54, 1.807) is 12.4 Å². The maximum atomic E-state index is 10.6. The number of aldehydes is 2. The lowest BCUT2D eigenvalue weighted by Gasteiger charge is -2.11. The number of nitrogens with zero attached hydrogens (tertiary/aromatic N) is 5. The lowest BCUT2D eigenvalue weighted by Crippen LogP contribution is -2.26. The Morgan fingerprint density at radius 3 is 2.79 bits per heavy atom. The Morgan fingerprint density at radius 1 is 1.31 bits per heavy atom. The van der Waals surface area contributed by atoms with Gasteiger partial charge in [-0.25, -0.2) is 15.8 Å². The quantitative estimate of drug-likeness (QED) is 0.0731. The van der Waals surface area contributed by atoms with E-state index in [0.717, 1.165) is 40.0 Å². The minimum Gasteiger partial charge on any atom is -0.508 e. The molecule has 4 heterocycles. The summed E-state index contributed by atoms with van der Waals surface area (Å²) in [6, 6.07) is 3.77. The fourth-order valence-corrected chi connectivity index (χ4v) is 4.35. The predicted octanol–water partition coefficient (Wildman–Crippen LogP) is 1.67. The molecule has 4 aromatic rings. The van der Waals surface area contributed by atoms with Crippen LogP contribution in [0.4, 0.5) is 0 Å². The van der Waals surface area contributed by atoms with Crippen LogP contribution in [-0.2, 0) is 34.0 Å². The van der Waals surface area contributed by atoms with Crippen LogP contribution in [0.3, 0.4) is 0 Å². The number of rotatable bonds is 11. The van der Waals surface area contributed by atoms with Gasteiger partial charge in [-0.2, -0.15) is 0 Å². The molecule has 0 atom stereocenters. The average molecular weight is 535 g/mol. The molecule has 5 rings (SSSR count). The second kappa shape index (κ2) is 12.5. The van der Waals surface area contributed by atoms with Crippen molar-refractivity contribution in [1.29, 1.82) is 0 Å².